The highest BCUT2D eigenvalue weighted by molar-refractivity contribution is 6.37. The van der Waals surface area contributed by atoms with Gasteiger partial charge in [-0.05, 0) is 17.7 Å². The lowest BCUT2D eigenvalue weighted by molar-refractivity contribution is 0.0769. The Bertz CT molecular complexity index is 890. The number of phenolic OH excluding ortho intramolecular Hbond substituents is 1. The Morgan fingerprint density at radius 3 is 2.48 bits per heavy atom. The molecule has 3 rings (SSSR count). The summed E-state index contributed by atoms with van der Waals surface area (Å²) in [4.78, 5) is 18.0. The second-order valence-corrected chi connectivity index (χ2v) is 6.17. The first-order chi connectivity index (χ1) is 12.0. The topological polar surface area (TPSA) is 79.5 Å². The second-order valence-electron chi connectivity index (χ2n) is 5.36. The highest BCUT2D eigenvalue weighted by Crippen LogP contribution is 2.35. The van der Waals surface area contributed by atoms with Crippen molar-refractivity contribution in [2.24, 2.45) is 0 Å². The first kappa shape index (κ1) is 17.3. The fourth-order valence-corrected chi connectivity index (χ4v) is 2.70. The molecule has 128 valence electrons. The number of aromatic hydroxyl groups is 1. The van der Waals surface area contributed by atoms with Gasteiger partial charge in [0.25, 0.3) is 17.6 Å². The van der Waals surface area contributed by atoms with Crippen molar-refractivity contribution in [2.75, 3.05) is 7.05 Å². The fourth-order valence-electron chi connectivity index (χ4n) is 2.22. The summed E-state index contributed by atoms with van der Waals surface area (Å²) in [7, 11) is 1.65. The molecule has 0 radical (unpaired) electrons. The highest BCUT2D eigenvalue weighted by atomic mass is 35.5. The summed E-state index contributed by atoms with van der Waals surface area (Å²) in [5, 5.41) is 13.4. The Morgan fingerprint density at radius 1 is 1.20 bits per heavy atom. The number of amides is 1. The summed E-state index contributed by atoms with van der Waals surface area (Å²) in [6.07, 6.45) is 0. The molecule has 0 atom stereocenters. The average molecular weight is 378 g/mol. The number of carbonyl (C=O) groups is 1. The first-order valence-electron chi connectivity index (χ1n) is 7.27. The smallest absolute Gasteiger partial charge is 0.295 e. The molecular formula is C17H13Cl2N3O3. The van der Waals surface area contributed by atoms with E-state index in [2.05, 4.69) is 10.1 Å². The van der Waals surface area contributed by atoms with E-state index in [0.717, 1.165) is 5.56 Å². The Labute approximate surface area is 153 Å². The Morgan fingerprint density at radius 2 is 1.84 bits per heavy atom. The van der Waals surface area contributed by atoms with Gasteiger partial charge >= 0.3 is 0 Å². The van der Waals surface area contributed by atoms with Gasteiger partial charge < -0.3 is 14.5 Å². The minimum Gasteiger partial charge on any atom is -0.505 e. The minimum atomic E-state index is -0.380. The van der Waals surface area contributed by atoms with Crippen LogP contribution in [0, 0.1) is 0 Å². The van der Waals surface area contributed by atoms with Crippen LogP contribution in [0.2, 0.25) is 10.0 Å². The molecule has 0 unspecified atom stereocenters. The van der Waals surface area contributed by atoms with E-state index >= 15 is 0 Å². The molecule has 1 amide bonds. The molecule has 8 heteroatoms. The van der Waals surface area contributed by atoms with Crippen molar-refractivity contribution in [1.82, 2.24) is 15.0 Å². The van der Waals surface area contributed by atoms with Gasteiger partial charge in [-0.25, -0.2) is 0 Å². The molecule has 1 heterocycles. The van der Waals surface area contributed by atoms with Crippen LogP contribution in [0.5, 0.6) is 5.75 Å². The molecule has 6 nitrogen and oxygen atoms in total. The Balaban J connectivity index is 1.80. The Hall–Kier alpha value is -2.57. The number of aromatic nitrogens is 2. The lowest BCUT2D eigenvalue weighted by Gasteiger charge is -2.14. The number of phenols is 1. The lowest BCUT2D eigenvalue weighted by Crippen LogP contribution is -2.27. The molecule has 1 aromatic heterocycles. The molecule has 1 N–H and O–H groups in total. The first-order valence-corrected chi connectivity index (χ1v) is 8.03. The molecule has 0 aliphatic rings. The molecule has 0 aliphatic carbocycles. The molecule has 0 spiro atoms. The van der Waals surface area contributed by atoms with Crippen LogP contribution >= 0.6 is 23.2 Å². The molecule has 3 aromatic rings. The van der Waals surface area contributed by atoms with Crippen LogP contribution in [-0.4, -0.2) is 33.1 Å². The molecule has 0 aliphatic heterocycles. The number of rotatable bonds is 4. The maximum atomic E-state index is 12.4. The normalized spacial score (nSPS) is 10.7. The SMILES string of the molecule is CN(Cc1ccccc1)C(=O)c1noc(-c2cc(Cl)c(O)c(Cl)c2)n1. The van der Waals surface area contributed by atoms with Crippen LogP contribution in [-0.2, 0) is 6.54 Å². The summed E-state index contributed by atoms with van der Waals surface area (Å²) in [6, 6.07) is 12.4. The summed E-state index contributed by atoms with van der Waals surface area (Å²) in [6.45, 7) is 0.417. The standard InChI is InChI=1S/C17H13Cl2N3O3/c1-22(9-10-5-3-2-4-6-10)17(24)15-20-16(25-21-15)11-7-12(18)14(23)13(19)8-11/h2-8,23H,9H2,1H3. The van der Waals surface area contributed by atoms with E-state index in [9.17, 15) is 9.90 Å². The van der Waals surface area contributed by atoms with E-state index in [0.29, 0.717) is 12.1 Å². The van der Waals surface area contributed by atoms with E-state index in [1.807, 2.05) is 30.3 Å². The number of hydrogen-bond acceptors (Lipinski definition) is 5. The van der Waals surface area contributed by atoms with Crippen molar-refractivity contribution >= 4 is 29.1 Å². The van der Waals surface area contributed by atoms with Gasteiger partial charge in [0.05, 0.1) is 10.0 Å². The molecule has 2 aromatic carbocycles. The van der Waals surface area contributed by atoms with Gasteiger partial charge in [0.1, 0.15) is 0 Å². The van der Waals surface area contributed by atoms with Crippen LogP contribution in [0.15, 0.2) is 47.0 Å². The third-order valence-corrected chi connectivity index (χ3v) is 4.07. The number of halogens is 2. The van der Waals surface area contributed by atoms with Crippen molar-refractivity contribution in [3.8, 4) is 17.2 Å². The molecule has 0 bridgehead atoms. The predicted octanol–water partition coefficient (Wildman–Crippen LogP) is 4.02. The van der Waals surface area contributed by atoms with E-state index < -0.39 is 0 Å². The Kier molecular flexibility index (Phi) is 4.92. The van der Waals surface area contributed by atoms with Gasteiger partial charge in [0, 0.05) is 19.2 Å². The van der Waals surface area contributed by atoms with Crippen LogP contribution in [0.1, 0.15) is 16.2 Å². The van der Waals surface area contributed by atoms with Crippen molar-refractivity contribution in [3.05, 3.63) is 63.9 Å². The molecule has 0 saturated heterocycles. The van der Waals surface area contributed by atoms with Crippen LogP contribution in [0.3, 0.4) is 0 Å². The molecule has 25 heavy (non-hydrogen) atoms. The predicted molar refractivity (Wildman–Crippen MR) is 93.7 cm³/mol. The monoisotopic (exact) mass is 377 g/mol. The van der Waals surface area contributed by atoms with E-state index in [-0.39, 0.29) is 33.4 Å². The largest absolute Gasteiger partial charge is 0.505 e. The lowest BCUT2D eigenvalue weighted by atomic mass is 10.2. The molecule has 0 fully saturated rings. The van der Waals surface area contributed by atoms with Gasteiger partial charge in [-0.15, -0.1) is 0 Å². The third kappa shape index (κ3) is 3.75. The van der Waals surface area contributed by atoms with Crippen LogP contribution in [0.4, 0.5) is 0 Å². The van der Waals surface area contributed by atoms with Gasteiger partial charge in [0.15, 0.2) is 5.75 Å². The van der Waals surface area contributed by atoms with Crippen molar-refractivity contribution in [2.45, 2.75) is 6.54 Å². The quantitative estimate of drug-likeness (QED) is 0.742. The summed E-state index contributed by atoms with van der Waals surface area (Å²) in [5.41, 5.74) is 1.39. The van der Waals surface area contributed by atoms with E-state index in [4.69, 9.17) is 27.7 Å². The zero-order valence-electron chi connectivity index (χ0n) is 13.1. The summed E-state index contributed by atoms with van der Waals surface area (Å²) < 4.78 is 5.11. The highest BCUT2D eigenvalue weighted by Gasteiger charge is 2.20. The molecular weight excluding hydrogens is 365 g/mol. The summed E-state index contributed by atoms with van der Waals surface area (Å²) >= 11 is 11.8. The van der Waals surface area contributed by atoms with Gasteiger partial charge in [-0.3, -0.25) is 4.79 Å². The van der Waals surface area contributed by atoms with Crippen LogP contribution in [0.25, 0.3) is 11.5 Å². The van der Waals surface area contributed by atoms with Crippen molar-refractivity contribution < 1.29 is 14.4 Å². The van der Waals surface area contributed by atoms with Crippen molar-refractivity contribution in [3.63, 3.8) is 0 Å². The van der Waals surface area contributed by atoms with Gasteiger partial charge in [0.2, 0.25) is 0 Å². The molecule has 0 saturated carbocycles. The number of benzene rings is 2. The number of hydrogen-bond donors (Lipinski definition) is 1. The van der Waals surface area contributed by atoms with E-state index in [1.165, 1.54) is 17.0 Å². The number of nitrogens with zero attached hydrogens (tertiary/aromatic N) is 3. The van der Waals surface area contributed by atoms with Gasteiger partial charge in [-0.2, -0.15) is 4.98 Å². The third-order valence-electron chi connectivity index (χ3n) is 3.49. The van der Waals surface area contributed by atoms with Crippen molar-refractivity contribution in [1.29, 1.82) is 0 Å². The number of carbonyl (C=O) groups excluding carboxylic acids is 1. The zero-order chi connectivity index (χ0) is 18.0. The fraction of sp³-hybridized carbons (Fsp3) is 0.118. The average Bonchev–Trinajstić information content (AvgIpc) is 3.09. The second kappa shape index (κ2) is 7.13. The maximum Gasteiger partial charge on any atom is 0.295 e. The zero-order valence-corrected chi connectivity index (χ0v) is 14.6. The van der Waals surface area contributed by atoms with Gasteiger partial charge in [-0.1, -0.05) is 58.7 Å². The van der Waals surface area contributed by atoms with E-state index in [1.54, 1.807) is 7.05 Å². The summed E-state index contributed by atoms with van der Waals surface area (Å²) in [5.74, 6) is -0.602. The minimum absolute atomic E-state index is 0.0507. The van der Waals surface area contributed by atoms with Crippen LogP contribution < -0.4 is 0 Å². The maximum absolute atomic E-state index is 12.4.